The molecular formula is C9H14N2O2. The summed E-state index contributed by atoms with van der Waals surface area (Å²) in [5, 5.41) is 0. The molecule has 1 heterocycles. The third kappa shape index (κ3) is 1.96. The lowest BCUT2D eigenvalue weighted by atomic mass is 10.0. The van der Waals surface area contributed by atoms with Crippen LogP contribution in [0.25, 0.3) is 0 Å². The molecule has 1 rings (SSSR count). The van der Waals surface area contributed by atoms with Gasteiger partial charge in [0, 0.05) is 6.20 Å². The lowest BCUT2D eigenvalue weighted by Crippen LogP contribution is -2.27. The molecule has 1 aromatic rings. The van der Waals surface area contributed by atoms with Crippen molar-refractivity contribution in [2.24, 2.45) is 5.90 Å². The van der Waals surface area contributed by atoms with Crippen LogP contribution in [0.4, 0.5) is 0 Å². The summed E-state index contributed by atoms with van der Waals surface area (Å²) in [6.07, 6.45) is 1.68. The summed E-state index contributed by atoms with van der Waals surface area (Å²) < 4.78 is 5.14. The minimum atomic E-state index is -0.632. The molecule has 0 radical (unpaired) electrons. The molecule has 0 aromatic carbocycles. The number of rotatable bonds is 3. The van der Waals surface area contributed by atoms with Gasteiger partial charge in [-0.05, 0) is 26.0 Å². The second-order valence-corrected chi connectivity index (χ2v) is 3.18. The minimum absolute atomic E-state index is 0.632. The van der Waals surface area contributed by atoms with Gasteiger partial charge in [-0.1, -0.05) is 0 Å². The number of hydrogen-bond donors (Lipinski definition) is 1. The quantitative estimate of drug-likeness (QED) is 0.714. The lowest BCUT2D eigenvalue weighted by molar-refractivity contribution is -0.0283. The van der Waals surface area contributed by atoms with E-state index in [-0.39, 0.29) is 0 Å². The van der Waals surface area contributed by atoms with Crippen LogP contribution >= 0.6 is 0 Å². The Morgan fingerprint density at radius 3 is 2.69 bits per heavy atom. The number of nitrogens with two attached hydrogens (primary N) is 1. The average Bonchev–Trinajstić information content (AvgIpc) is 2.18. The fraction of sp³-hybridized carbons (Fsp3) is 0.444. The van der Waals surface area contributed by atoms with Crippen LogP contribution in [0.1, 0.15) is 19.5 Å². The van der Waals surface area contributed by atoms with E-state index in [2.05, 4.69) is 4.98 Å². The third-order valence-corrected chi connectivity index (χ3v) is 1.86. The molecule has 0 aliphatic rings. The van der Waals surface area contributed by atoms with Gasteiger partial charge in [-0.15, -0.1) is 0 Å². The Kier molecular flexibility index (Phi) is 2.85. The van der Waals surface area contributed by atoms with Gasteiger partial charge in [0.2, 0.25) is 0 Å². The molecule has 4 heteroatoms. The zero-order chi connectivity index (χ0) is 9.90. The average molecular weight is 182 g/mol. The van der Waals surface area contributed by atoms with Gasteiger partial charge in [0.05, 0.1) is 7.11 Å². The largest absolute Gasteiger partial charge is 0.495 e. The Balaban J connectivity index is 3.12. The molecule has 0 unspecified atom stereocenters. The Hall–Kier alpha value is -1.13. The molecule has 0 saturated carbocycles. The van der Waals surface area contributed by atoms with Gasteiger partial charge in [-0.3, -0.25) is 9.82 Å². The van der Waals surface area contributed by atoms with Gasteiger partial charge in [0.1, 0.15) is 17.0 Å². The highest BCUT2D eigenvalue weighted by atomic mass is 16.6. The van der Waals surface area contributed by atoms with Crippen LogP contribution in [0.2, 0.25) is 0 Å². The van der Waals surface area contributed by atoms with Crippen LogP contribution in [-0.2, 0) is 10.4 Å². The molecule has 0 spiro atoms. The number of aromatic nitrogens is 1. The smallest absolute Gasteiger partial charge is 0.143 e. The van der Waals surface area contributed by atoms with E-state index in [0.717, 1.165) is 0 Å². The highest BCUT2D eigenvalue weighted by Crippen LogP contribution is 2.28. The monoisotopic (exact) mass is 182 g/mol. The maximum Gasteiger partial charge on any atom is 0.143 e. The second kappa shape index (κ2) is 3.72. The van der Waals surface area contributed by atoms with E-state index in [0.29, 0.717) is 11.4 Å². The van der Waals surface area contributed by atoms with Crippen molar-refractivity contribution in [1.29, 1.82) is 0 Å². The van der Waals surface area contributed by atoms with Crippen molar-refractivity contribution in [2.45, 2.75) is 19.4 Å². The summed E-state index contributed by atoms with van der Waals surface area (Å²) >= 11 is 0. The molecule has 0 aliphatic heterocycles. The Morgan fingerprint density at radius 2 is 2.15 bits per heavy atom. The van der Waals surface area contributed by atoms with Crippen molar-refractivity contribution >= 4 is 0 Å². The van der Waals surface area contributed by atoms with E-state index in [4.69, 9.17) is 15.5 Å². The minimum Gasteiger partial charge on any atom is -0.495 e. The predicted molar refractivity (Wildman–Crippen MR) is 49.1 cm³/mol. The topological polar surface area (TPSA) is 57.4 Å². The first-order valence-corrected chi connectivity index (χ1v) is 3.99. The van der Waals surface area contributed by atoms with Crippen molar-refractivity contribution < 1.29 is 9.57 Å². The van der Waals surface area contributed by atoms with E-state index in [1.807, 2.05) is 19.9 Å². The molecule has 72 valence electrons. The van der Waals surface area contributed by atoms with Crippen LogP contribution in [-0.4, -0.2) is 12.1 Å². The van der Waals surface area contributed by atoms with Crippen molar-refractivity contribution in [2.75, 3.05) is 7.11 Å². The maximum absolute atomic E-state index is 5.17. The van der Waals surface area contributed by atoms with E-state index >= 15 is 0 Å². The number of pyridine rings is 1. The molecule has 1 aromatic heterocycles. The number of hydrogen-bond acceptors (Lipinski definition) is 4. The van der Waals surface area contributed by atoms with Crippen molar-refractivity contribution in [3.8, 4) is 5.75 Å². The number of methoxy groups -OCH3 is 1. The van der Waals surface area contributed by atoms with E-state index in [1.165, 1.54) is 0 Å². The first-order chi connectivity index (χ1) is 6.11. The second-order valence-electron chi connectivity index (χ2n) is 3.18. The Labute approximate surface area is 77.6 Å². The Bertz CT molecular complexity index is 287. The highest BCUT2D eigenvalue weighted by molar-refractivity contribution is 5.30. The van der Waals surface area contributed by atoms with E-state index < -0.39 is 5.60 Å². The van der Waals surface area contributed by atoms with Gasteiger partial charge < -0.3 is 4.74 Å². The normalized spacial score (nSPS) is 11.4. The lowest BCUT2D eigenvalue weighted by Gasteiger charge is -2.22. The zero-order valence-electron chi connectivity index (χ0n) is 8.07. The molecular weight excluding hydrogens is 168 g/mol. The molecule has 0 amide bonds. The summed E-state index contributed by atoms with van der Waals surface area (Å²) in [6.45, 7) is 3.66. The molecule has 0 bridgehead atoms. The molecule has 4 nitrogen and oxygen atoms in total. The highest BCUT2D eigenvalue weighted by Gasteiger charge is 2.25. The summed E-state index contributed by atoms with van der Waals surface area (Å²) in [6, 6.07) is 3.62. The fourth-order valence-electron chi connectivity index (χ4n) is 1.06. The van der Waals surface area contributed by atoms with Crippen LogP contribution < -0.4 is 10.6 Å². The van der Waals surface area contributed by atoms with Crippen LogP contribution in [0, 0.1) is 0 Å². The summed E-state index contributed by atoms with van der Waals surface area (Å²) in [5.74, 6) is 5.85. The van der Waals surface area contributed by atoms with Gasteiger partial charge >= 0.3 is 0 Å². The summed E-state index contributed by atoms with van der Waals surface area (Å²) in [4.78, 5) is 8.99. The van der Waals surface area contributed by atoms with Crippen LogP contribution in [0.5, 0.6) is 5.75 Å². The van der Waals surface area contributed by atoms with Gasteiger partial charge in [-0.2, -0.15) is 0 Å². The van der Waals surface area contributed by atoms with Crippen LogP contribution in [0.15, 0.2) is 18.3 Å². The summed E-state index contributed by atoms with van der Waals surface area (Å²) in [5.41, 5.74) is 0.0621. The first kappa shape index (κ1) is 9.95. The van der Waals surface area contributed by atoms with Gasteiger partial charge in [-0.25, -0.2) is 5.90 Å². The van der Waals surface area contributed by atoms with Crippen molar-refractivity contribution in [1.82, 2.24) is 4.98 Å². The van der Waals surface area contributed by atoms with E-state index in [9.17, 15) is 0 Å². The standard InChI is InChI=1S/C9H14N2O2/c1-9(2,13-10)8-7(12-3)5-4-6-11-8/h4-6H,10H2,1-3H3. The molecule has 0 aliphatic carbocycles. The first-order valence-electron chi connectivity index (χ1n) is 3.99. The molecule has 0 fully saturated rings. The summed E-state index contributed by atoms with van der Waals surface area (Å²) in [7, 11) is 1.59. The molecule has 2 N–H and O–H groups in total. The maximum atomic E-state index is 5.17. The number of ether oxygens (including phenoxy) is 1. The van der Waals surface area contributed by atoms with Gasteiger partial charge in [0.15, 0.2) is 0 Å². The fourth-order valence-corrected chi connectivity index (χ4v) is 1.06. The Morgan fingerprint density at radius 1 is 1.46 bits per heavy atom. The van der Waals surface area contributed by atoms with Crippen molar-refractivity contribution in [3.63, 3.8) is 0 Å². The predicted octanol–water partition coefficient (Wildman–Crippen LogP) is 1.22. The van der Waals surface area contributed by atoms with Crippen molar-refractivity contribution in [3.05, 3.63) is 24.0 Å². The molecule has 0 atom stereocenters. The van der Waals surface area contributed by atoms with E-state index in [1.54, 1.807) is 19.4 Å². The third-order valence-electron chi connectivity index (χ3n) is 1.86. The SMILES string of the molecule is COc1cccnc1C(C)(C)ON. The van der Waals surface area contributed by atoms with Gasteiger partial charge in [0.25, 0.3) is 0 Å². The van der Waals surface area contributed by atoms with Crippen LogP contribution in [0.3, 0.4) is 0 Å². The molecule has 13 heavy (non-hydrogen) atoms. The molecule has 0 saturated heterocycles. The number of nitrogens with zero attached hydrogens (tertiary/aromatic N) is 1. The zero-order valence-corrected chi connectivity index (χ0v) is 8.07.